The van der Waals surface area contributed by atoms with Crippen LogP contribution in [0.2, 0.25) is 0 Å². The largest absolute Gasteiger partial charge is 0.378 e. The van der Waals surface area contributed by atoms with E-state index in [1.165, 1.54) is 19.6 Å². The molecule has 2 amide bonds. The molecule has 0 bridgehead atoms. The van der Waals surface area contributed by atoms with Gasteiger partial charge >= 0.3 is 10.2 Å². The van der Waals surface area contributed by atoms with Gasteiger partial charge in [-0.2, -0.15) is 12.7 Å². The molecule has 1 unspecified atom stereocenters. The first-order valence-electron chi connectivity index (χ1n) is 13.7. The minimum atomic E-state index is -3.96. The molecule has 1 aromatic carbocycles. The van der Waals surface area contributed by atoms with E-state index in [0.717, 1.165) is 40.9 Å². The summed E-state index contributed by atoms with van der Waals surface area (Å²) in [5.41, 5.74) is 1.61. The SMILES string of the molecule is C#Cc1ccc2cn(S(=O)(=O)N3CCN(C(=O)c4nc5c(s4)CN(C)CC5)C(CC(=O)N4CCOCC4)C3)cc2c1. The third-order valence-corrected chi connectivity index (χ3v) is 10.8. The van der Waals surface area contributed by atoms with Crippen molar-refractivity contribution in [2.75, 3.05) is 59.5 Å². The van der Waals surface area contributed by atoms with Crippen LogP contribution in [-0.4, -0.2) is 114 Å². The van der Waals surface area contributed by atoms with Crippen molar-refractivity contribution < 1.29 is 22.7 Å². The van der Waals surface area contributed by atoms with E-state index in [9.17, 15) is 18.0 Å². The van der Waals surface area contributed by atoms with Gasteiger partial charge in [0, 0.05) is 92.3 Å². The molecule has 11 nitrogen and oxygen atoms in total. The van der Waals surface area contributed by atoms with Crippen LogP contribution >= 0.6 is 11.3 Å². The number of fused-ring (bicyclic) bond motifs is 2. The van der Waals surface area contributed by atoms with E-state index in [1.807, 2.05) is 7.05 Å². The van der Waals surface area contributed by atoms with Gasteiger partial charge in [-0.1, -0.05) is 12.0 Å². The summed E-state index contributed by atoms with van der Waals surface area (Å²) in [5.74, 6) is 2.20. The number of thiazole rings is 1. The maximum absolute atomic E-state index is 13.8. The van der Waals surface area contributed by atoms with Crippen LogP contribution in [0.1, 0.15) is 32.4 Å². The van der Waals surface area contributed by atoms with Crippen LogP contribution in [0.4, 0.5) is 0 Å². The van der Waals surface area contributed by atoms with Crippen LogP contribution < -0.4 is 0 Å². The van der Waals surface area contributed by atoms with Crippen molar-refractivity contribution in [3.05, 3.63) is 51.7 Å². The van der Waals surface area contributed by atoms with E-state index < -0.39 is 16.3 Å². The summed E-state index contributed by atoms with van der Waals surface area (Å²) in [6, 6.07) is 4.70. The van der Waals surface area contributed by atoms with Gasteiger partial charge in [0.15, 0.2) is 5.01 Å². The fourth-order valence-corrected chi connectivity index (χ4v) is 8.21. The van der Waals surface area contributed by atoms with Gasteiger partial charge in [0.25, 0.3) is 5.91 Å². The van der Waals surface area contributed by atoms with Gasteiger partial charge in [0.05, 0.1) is 24.9 Å². The number of benzene rings is 1. The third kappa shape index (κ3) is 5.50. The van der Waals surface area contributed by atoms with Gasteiger partial charge in [-0.05, 0) is 19.2 Å². The first kappa shape index (κ1) is 27.9. The molecule has 2 aromatic heterocycles. The molecule has 13 heteroatoms. The number of rotatable bonds is 5. The molecule has 6 rings (SSSR count). The third-order valence-electron chi connectivity index (χ3n) is 7.96. The molecule has 41 heavy (non-hydrogen) atoms. The molecular formula is C28H32N6O5S2. The Morgan fingerprint density at radius 3 is 2.68 bits per heavy atom. The average molecular weight is 597 g/mol. The summed E-state index contributed by atoms with van der Waals surface area (Å²) in [4.78, 5) is 38.4. The number of amides is 2. The number of carbonyl (C=O) groups excluding carboxylic acids is 2. The fourth-order valence-electron chi connectivity index (χ4n) is 5.63. The normalized spacial score (nSPS) is 20.6. The second kappa shape index (κ2) is 11.2. The van der Waals surface area contributed by atoms with Crippen molar-refractivity contribution in [2.45, 2.75) is 25.4 Å². The summed E-state index contributed by atoms with van der Waals surface area (Å²) in [7, 11) is -1.92. The summed E-state index contributed by atoms with van der Waals surface area (Å²) >= 11 is 1.39. The highest BCUT2D eigenvalue weighted by atomic mass is 32.2. The number of nitrogens with zero attached hydrogens (tertiary/aromatic N) is 6. The minimum Gasteiger partial charge on any atom is -0.378 e. The lowest BCUT2D eigenvalue weighted by molar-refractivity contribution is -0.136. The first-order valence-corrected chi connectivity index (χ1v) is 15.9. The number of likely N-dealkylation sites (N-methyl/N-ethyl adjacent to an activating group) is 1. The highest BCUT2D eigenvalue weighted by molar-refractivity contribution is 7.87. The summed E-state index contributed by atoms with van der Waals surface area (Å²) in [6.45, 7) is 3.77. The predicted molar refractivity (Wildman–Crippen MR) is 155 cm³/mol. The monoisotopic (exact) mass is 596 g/mol. The van der Waals surface area contributed by atoms with Gasteiger partial charge in [0.1, 0.15) is 0 Å². The molecule has 0 aliphatic carbocycles. The van der Waals surface area contributed by atoms with Crippen molar-refractivity contribution >= 4 is 44.1 Å². The molecule has 0 N–H and O–H groups in total. The molecule has 3 aliphatic heterocycles. The van der Waals surface area contributed by atoms with Gasteiger partial charge < -0.3 is 19.4 Å². The lowest BCUT2D eigenvalue weighted by atomic mass is 10.1. The second-order valence-corrected chi connectivity index (χ2v) is 13.6. The Bertz CT molecular complexity index is 1630. The zero-order chi connectivity index (χ0) is 28.7. The summed E-state index contributed by atoms with van der Waals surface area (Å²) in [6.07, 6.45) is 9.43. The summed E-state index contributed by atoms with van der Waals surface area (Å²) in [5, 5.41) is 1.86. The van der Waals surface area contributed by atoms with E-state index in [2.05, 4.69) is 15.8 Å². The minimum absolute atomic E-state index is 0.00209. The Labute approximate surface area is 243 Å². The van der Waals surface area contributed by atoms with Gasteiger partial charge in [-0.25, -0.2) is 8.96 Å². The van der Waals surface area contributed by atoms with Crippen molar-refractivity contribution in [2.24, 2.45) is 0 Å². The maximum atomic E-state index is 13.8. The zero-order valence-corrected chi connectivity index (χ0v) is 24.5. The highest BCUT2D eigenvalue weighted by Crippen LogP contribution is 2.28. The topological polar surface area (TPSA) is 108 Å². The Morgan fingerprint density at radius 2 is 1.90 bits per heavy atom. The number of carbonyl (C=O) groups is 2. The summed E-state index contributed by atoms with van der Waals surface area (Å²) < 4.78 is 35.5. The molecule has 5 heterocycles. The van der Waals surface area contributed by atoms with E-state index in [4.69, 9.17) is 11.2 Å². The predicted octanol–water partition coefficient (Wildman–Crippen LogP) is 1.24. The highest BCUT2D eigenvalue weighted by Gasteiger charge is 2.39. The quantitative estimate of drug-likeness (QED) is 0.408. The number of aromatic nitrogens is 2. The molecule has 216 valence electrons. The number of piperazine rings is 1. The molecule has 0 spiro atoms. The Kier molecular flexibility index (Phi) is 7.60. The smallest absolute Gasteiger partial charge is 0.307 e. The number of hydrogen-bond acceptors (Lipinski definition) is 8. The van der Waals surface area contributed by atoms with E-state index >= 15 is 0 Å². The second-order valence-electron chi connectivity index (χ2n) is 10.7. The fraction of sp³-hybridized carbons (Fsp3) is 0.464. The number of ether oxygens (including phenoxy) is 1. The molecule has 3 aliphatic rings. The number of morpholine rings is 1. The number of hydrogen-bond donors (Lipinski definition) is 0. The lowest BCUT2D eigenvalue weighted by Crippen LogP contribution is -2.58. The van der Waals surface area contributed by atoms with Crippen LogP contribution in [0.15, 0.2) is 30.6 Å². The molecule has 2 saturated heterocycles. The molecule has 0 radical (unpaired) electrons. The van der Waals surface area contributed by atoms with Crippen LogP contribution in [0.5, 0.6) is 0 Å². The zero-order valence-electron chi connectivity index (χ0n) is 22.9. The van der Waals surface area contributed by atoms with Crippen molar-refractivity contribution in [1.82, 2.24) is 28.0 Å². The van der Waals surface area contributed by atoms with E-state index in [0.29, 0.717) is 36.9 Å². The Morgan fingerprint density at radius 1 is 1.12 bits per heavy atom. The molecule has 0 saturated carbocycles. The molecule has 3 aromatic rings. The Balaban J connectivity index is 1.27. The molecule has 2 fully saturated rings. The van der Waals surface area contributed by atoms with E-state index in [1.54, 1.807) is 40.4 Å². The van der Waals surface area contributed by atoms with Crippen LogP contribution in [0, 0.1) is 12.3 Å². The average Bonchev–Trinajstić information content (AvgIpc) is 3.61. The maximum Gasteiger partial charge on any atom is 0.307 e. The molecule has 1 atom stereocenters. The van der Waals surface area contributed by atoms with Gasteiger partial charge in [-0.15, -0.1) is 17.8 Å². The van der Waals surface area contributed by atoms with Crippen molar-refractivity contribution in [3.8, 4) is 12.3 Å². The van der Waals surface area contributed by atoms with Gasteiger partial charge in [-0.3, -0.25) is 9.59 Å². The van der Waals surface area contributed by atoms with Crippen LogP contribution in [0.25, 0.3) is 10.8 Å². The number of terminal acetylenes is 1. The van der Waals surface area contributed by atoms with Crippen molar-refractivity contribution in [3.63, 3.8) is 0 Å². The molecular weight excluding hydrogens is 564 g/mol. The van der Waals surface area contributed by atoms with Crippen LogP contribution in [-0.2, 0) is 32.7 Å². The van der Waals surface area contributed by atoms with Crippen molar-refractivity contribution in [1.29, 1.82) is 0 Å². The standard InChI is InChI=1S/C28H32N6O5S2/c1-3-20-4-5-21-16-33(17-22(21)14-20)41(37,38)32-8-9-34(23(18-32)15-26(35)31-10-12-39-13-11-31)28(36)27-29-24-6-7-30(2)19-25(24)40-27/h1,4-5,14,16-17,23H,6-13,15,18-19H2,2H3. The Hall–Kier alpha value is -3.28. The van der Waals surface area contributed by atoms with E-state index in [-0.39, 0.29) is 37.9 Å². The first-order chi connectivity index (χ1) is 19.7. The van der Waals surface area contributed by atoms with Crippen LogP contribution in [0.3, 0.4) is 0 Å². The lowest BCUT2D eigenvalue weighted by Gasteiger charge is -2.41. The van der Waals surface area contributed by atoms with Gasteiger partial charge in [0.2, 0.25) is 5.91 Å².